The molecule has 0 radical (unpaired) electrons. The maximum atomic E-state index is 10.6. The number of aliphatic hydroxyl groups excluding tert-OH is 4. The van der Waals surface area contributed by atoms with Crippen LogP contribution in [0.15, 0.2) is 11.5 Å². The second kappa shape index (κ2) is 11.0. The molecule has 3 atom stereocenters. The average molecular weight is 362 g/mol. The second-order valence-electron chi connectivity index (χ2n) is 8.43. The fraction of sp³-hybridized carbons (Fsp3) is 0.895. The molecule has 0 fully saturated rings. The number of rotatable bonds is 11. The summed E-state index contributed by atoms with van der Waals surface area (Å²) in [4.78, 5) is 0. The van der Waals surface area contributed by atoms with E-state index in [1.54, 1.807) is 0 Å². The quantitative estimate of drug-likeness (QED) is 0.286. The molecule has 0 aromatic heterocycles. The van der Waals surface area contributed by atoms with E-state index < -0.39 is 12.0 Å². The molecule has 0 saturated carbocycles. The van der Waals surface area contributed by atoms with Gasteiger partial charge in [0.25, 0.3) is 0 Å². The number of nitrogens with one attached hydrogen (secondary N) is 1. The van der Waals surface area contributed by atoms with Gasteiger partial charge in [-0.1, -0.05) is 27.7 Å². The maximum absolute atomic E-state index is 10.6. The highest BCUT2D eigenvalue weighted by atomic mass is 16.6. The first-order valence-electron chi connectivity index (χ1n) is 9.16. The Morgan fingerprint density at radius 1 is 0.920 bits per heavy atom. The van der Waals surface area contributed by atoms with Crippen LogP contribution in [0.5, 0.6) is 0 Å². The Balaban J connectivity index is 5.38. The smallest absolute Gasteiger partial charge is 0.235 e. The zero-order valence-corrected chi connectivity index (χ0v) is 16.9. The molecule has 6 nitrogen and oxygen atoms in total. The van der Waals surface area contributed by atoms with E-state index >= 15 is 0 Å². The third-order valence-corrected chi connectivity index (χ3v) is 4.39. The van der Waals surface area contributed by atoms with Crippen LogP contribution in [0.25, 0.3) is 0 Å². The zero-order valence-electron chi connectivity index (χ0n) is 16.9. The predicted molar refractivity (Wildman–Crippen MR) is 99.7 cm³/mol. The summed E-state index contributed by atoms with van der Waals surface area (Å²) in [6.45, 7) is 13.4. The molecular weight excluding hydrogens is 322 g/mol. The normalized spacial score (nSPS) is 17.4. The summed E-state index contributed by atoms with van der Waals surface area (Å²) in [5.74, 6) is 0.377. The van der Waals surface area contributed by atoms with Crippen LogP contribution in [0.2, 0.25) is 0 Å². The van der Waals surface area contributed by atoms with Gasteiger partial charge in [0.05, 0.1) is 11.3 Å². The third kappa shape index (κ3) is 10.0. The Labute approximate surface area is 152 Å². The molecule has 0 aromatic carbocycles. The highest BCUT2D eigenvalue weighted by molar-refractivity contribution is 5.08. The summed E-state index contributed by atoms with van der Waals surface area (Å²) in [6, 6.07) is 0. The van der Waals surface area contributed by atoms with Crippen LogP contribution in [0.4, 0.5) is 0 Å². The molecule has 0 bridgehead atoms. The molecule has 150 valence electrons. The van der Waals surface area contributed by atoms with Crippen molar-refractivity contribution in [3.63, 3.8) is 0 Å². The standard InChI is InChI=1S/C19H39NO5/c1-12(2)14(10-21)8-16(20-18(24)25-19(5,6)7)17(23)9-15(11-22)13(3)4/h12-15,18,20-24H,8-11H2,1-7H3/b17-16+/t14-,15-,18?/m1/s1. The molecule has 6 heteroatoms. The van der Waals surface area contributed by atoms with Gasteiger partial charge in [0.2, 0.25) is 6.41 Å². The van der Waals surface area contributed by atoms with Crippen LogP contribution >= 0.6 is 0 Å². The molecule has 0 aliphatic rings. The van der Waals surface area contributed by atoms with Crippen molar-refractivity contribution >= 4 is 0 Å². The first-order valence-corrected chi connectivity index (χ1v) is 9.16. The largest absolute Gasteiger partial charge is 0.511 e. The minimum absolute atomic E-state index is 0.0139. The monoisotopic (exact) mass is 361 g/mol. The molecule has 5 N–H and O–H groups in total. The van der Waals surface area contributed by atoms with Crippen LogP contribution < -0.4 is 5.32 Å². The van der Waals surface area contributed by atoms with E-state index in [4.69, 9.17) is 4.74 Å². The molecule has 1 unspecified atom stereocenters. The molecule has 0 rings (SSSR count). The topological polar surface area (TPSA) is 102 Å². The first-order chi connectivity index (χ1) is 11.4. The minimum Gasteiger partial charge on any atom is -0.511 e. The summed E-state index contributed by atoms with van der Waals surface area (Å²) in [5.41, 5.74) is -0.101. The van der Waals surface area contributed by atoms with Crippen molar-refractivity contribution in [3.8, 4) is 0 Å². The van der Waals surface area contributed by atoms with E-state index in [1.807, 2.05) is 48.5 Å². The van der Waals surface area contributed by atoms with Gasteiger partial charge in [0.1, 0.15) is 5.76 Å². The highest BCUT2D eigenvalue weighted by Gasteiger charge is 2.24. The Morgan fingerprint density at radius 3 is 1.72 bits per heavy atom. The van der Waals surface area contributed by atoms with Gasteiger partial charge >= 0.3 is 0 Å². The molecule has 25 heavy (non-hydrogen) atoms. The van der Waals surface area contributed by atoms with Crippen LogP contribution in [-0.2, 0) is 4.74 Å². The maximum Gasteiger partial charge on any atom is 0.235 e. The SMILES string of the molecule is CC(C)[C@@H](CO)C/C(O)=C(/C[C@H](CO)C(C)C)NC(O)OC(C)(C)C. The van der Waals surface area contributed by atoms with Crippen molar-refractivity contribution in [2.75, 3.05) is 13.2 Å². The van der Waals surface area contributed by atoms with Crippen molar-refractivity contribution in [1.82, 2.24) is 5.32 Å². The fourth-order valence-corrected chi connectivity index (χ4v) is 2.43. The lowest BCUT2D eigenvalue weighted by Gasteiger charge is -2.29. The molecule has 0 amide bonds. The van der Waals surface area contributed by atoms with E-state index in [9.17, 15) is 20.4 Å². The van der Waals surface area contributed by atoms with Gasteiger partial charge in [-0.25, -0.2) is 0 Å². The summed E-state index contributed by atoms with van der Waals surface area (Å²) in [5, 5.41) is 42.7. The molecule has 0 saturated heterocycles. The Hall–Kier alpha value is -0.820. The van der Waals surface area contributed by atoms with Gasteiger partial charge in [0, 0.05) is 19.6 Å². The van der Waals surface area contributed by atoms with Gasteiger partial charge < -0.3 is 30.5 Å². The van der Waals surface area contributed by atoms with Crippen molar-refractivity contribution in [2.45, 2.75) is 73.3 Å². The van der Waals surface area contributed by atoms with Crippen molar-refractivity contribution < 1.29 is 25.2 Å². The molecule has 0 aliphatic carbocycles. The van der Waals surface area contributed by atoms with Crippen LogP contribution in [-0.4, -0.2) is 45.7 Å². The van der Waals surface area contributed by atoms with Gasteiger partial charge in [0.15, 0.2) is 0 Å². The highest BCUT2D eigenvalue weighted by Crippen LogP contribution is 2.25. The van der Waals surface area contributed by atoms with Crippen LogP contribution in [0, 0.1) is 23.7 Å². The number of hydrogen-bond acceptors (Lipinski definition) is 6. The molecular formula is C19H39NO5. The predicted octanol–water partition coefficient (Wildman–Crippen LogP) is 2.75. The lowest BCUT2D eigenvalue weighted by atomic mass is 9.89. The van der Waals surface area contributed by atoms with Crippen molar-refractivity contribution in [3.05, 3.63) is 11.5 Å². The van der Waals surface area contributed by atoms with E-state index in [-0.39, 0.29) is 42.6 Å². The molecule has 0 heterocycles. The lowest BCUT2D eigenvalue weighted by molar-refractivity contribution is -0.177. The number of aliphatic hydroxyl groups is 4. The fourth-order valence-electron chi connectivity index (χ4n) is 2.43. The summed E-state index contributed by atoms with van der Waals surface area (Å²) < 4.78 is 5.46. The second-order valence-corrected chi connectivity index (χ2v) is 8.43. The van der Waals surface area contributed by atoms with Crippen molar-refractivity contribution in [2.24, 2.45) is 23.7 Å². The van der Waals surface area contributed by atoms with Crippen LogP contribution in [0.3, 0.4) is 0 Å². The first kappa shape index (κ1) is 24.2. The average Bonchev–Trinajstić information content (AvgIpc) is 2.45. The summed E-state index contributed by atoms with van der Waals surface area (Å²) in [6.07, 6.45) is -0.578. The van der Waals surface area contributed by atoms with Gasteiger partial charge in [-0.05, 0) is 50.9 Å². The Kier molecular flexibility index (Phi) is 10.7. The van der Waals surface area contributed by atoms with Crippen molar-refractivity contribution in [1.29, 1.82) is 0 Å². The van der Waals surface area contributed by atoms with Gasteiger partial charge in [-0.2, -0.15) is 0 Å². The lowest BCUT2D eigenvalue weighted by Crippen LogP contribution is -2.39. The minimum atomic E-state index is -1.27. The van der Waals surface area contributed by atoms with E-state index in [2.05, 4.69) is 5.32 Å². The zero-order chi connectivity index (χ0) is 19.8. The number of allylic oxidation sites excluding steroid dienone is 2. The number of ether oxygens (including phenoxy) is 1. The van der Waals surface area contributed by atoms with Gasteiger partial charge in [-0.3, -0.25) is 0 Å². The number of hydrogen-bond donors (Lipinski definition) is 5. The molecule has 0 spiro atoms. The van der Waals surface area contributed by atoms with Crippen LogP contribution in [0.1, 0.15) is 61.3 Å². The molecule has 0 aliphatic heterocycles. The summed E-state index contributed by atoms with van der Waals surface area (Å²) >= 11 is 0. The van der Waals surface area contributed by atoms with Gasteiger partial charge in [-0.15, -0.1) is 0 Å². The van der Waals surface area contributed by atoms with E-state index in [0.717, 1.165) is 0 Å². The Bertz CT molecular complexity index is 401. The third-order valence-electron chi connectivity index (χ3n) is 4.39. The summed E-state index contributed by atoms with van der Waals surface area (Å²) in [7, 11) is 0. The van der Waals surface area contributed by atoms with E-state index in [1.165, 1.54) is 0 Å². The Morgan fingerprint density at radius 2 is 1.36 bits per heavy atom. The van der Waals surface area contributed by atoms with E-state index in [0.29, 0.717) is 18.5 Å². The molecule has 0 aromatic rings.